The number of carboxylic acid groups (broad SMARTS) is 1. The van der Waals surface area contributed by atoms with E-state index in [1.807, 2.05) is 30.3 Å². The fourth-order valence-electron chi connectivity index (χ4n) is 2.12. The first-order valence-corrected chi connectivity index (χ1v) is 7.75. The minimum absolute atomic E-state index is 0.151. The highest BCUT2D eigenvalue weighted by atomic mass is 32.1. The van der Waals surface area contributed by atoms with Crippen LogP contribution in [0.3, 0.4) is 0 Å². The number of rotatable bonds is 6. The number of thiophene rings is 1. The molecule has 0 spiro atoms. The Morgan fingerprint density at radius 1 is 1.18 bits per heavy atom. The first kappa shape index (κ1) is 14.6. The van der Waals surface area contributed by atoms with Gasteiger partial charge in [0.1, 0.15) is 10.6 Å². The van der Waals surface area contributed by atoms with Gasteiger partial charge in [-0.3, -0.25) is 4.79 Å². The van der Waals surface area contributed by atoms with E-state index in [9.17, 15) is 9.59 Å². The molecule has 1 aromatic carbocycles. The minimum atomic E-state index is -0.950. The summed E-state index contributed by atoms with van der Waals surface area (Å²) in [5.41, 5.74) is -0.770. The number of nitrogens with one attached hydrogen (secondary N) is 1. The van der Waals surface area contributed by atoms with Gasteiger partial charge in [0.2, 0.25) is 0 Å². The van der Waals surface area contributed by atoms with Gasteiger partial charge >= 0.3 is 5.97 Å². The highest BCUT2D eigenvalue weighted by molar-refractivity contribution is 7.13. The molecule has 1 heterocycles. The number of benzene rings is 1. The number of para-hydroxylation sites is 1. The molecule has 0 radical (unpaired) electrons. The molecule has 1 aliphatic rings. The van der Waals surface area contributed by atoms with Crippen LogP contribution in [0.2, 0.25) is 0 Å². The minimum Gasteiger partial charge on any atom is -0.477 e. The zero-order valence-electron chi connectivity index (χ0n) is 11.7. The van der Waals surface area contributed by atoms with Gasteiger partial charge in [0, 0.05) is 17.7 Å². The maximum Gasteiger partial charge on any atom is 0.345 e. The number of carbonyl (C=O) groups is 2. The third kappa shape index (κ3) is 3.12. The van der Waals surface area contributed by atoms with Gasteiger partial charge in [-0.2, -0.15) is 0 Å². The number of hydrogen-bond acceptors (Lipinski definition) is 4. The summed E-state index contributed by atoms with van der Waals surface area (Å²) < 4.78 is 5.80. The summed E-state index contributed by atoms with van der Waals surface area (Å²) in [5, 5.41) is 11.7. The smallest absolute Gasteiger partial charge is 0.345 e. The largest absolute Gasteiger partial charge is 0.477 e. The molecule has 0 unspecified atom stereocenters. The van der Waals surface area contributed by atoms with Crippen LogP contribution >= 0.6 is 11.3 Å². The van der Waals surface area contributed by atoms with Crippen LogP contribution in [-0.4, -0.2) is 22.6 Å². The zero-order chi connectivity index (χ0) is 15.6. The molecular formula is C16H15NO4S. The maximum atomic E-state index is 12.3. The van der Waals surface area contributed by atoms with E-state index in [0.717, 1.165) is 16.2 Å². The average Bonchev–Trinajstić information content (AvgIpc) is 3.13. The van der Waals surface area contributed by atoms with Crippen molar-refractivity contribution in [3.05, 3.63) is 52.2 Å². The molecule has 0 saturated heterocycles. The van der Waals surface area contributed by atoms with Crippen LogP contribution < -0.4 is 10.1 Å². The van der Waals surface area contributed by atoms with Crippen molar-refractivity contribution in [2.75, 3.05) is 0 Å². The Morgan fingerprint density at radius 3 is 2.50 bits per heavy atom. The first-order chi connectivity index (χ1) is 10.6. The first-order valence-electron chi connectivity index (χ1n) is 6.93. The Morgan fingerprint density at radius 2 is 1.91 bits per heavy atom. The SMILES string of the molecule is O=C(O)c1ccc(CNC(=O)C2(Oc3ccccc3)CC2)s1. The number of carbonyl (C=O) groups excluding carboxylic acids is 1. The van der Waals surface area contributed by atoms with Gasteiger partial charge in [0.15, 0.2) is 5.60 Å². The van der Waals surface area contributed by atoms with Gasteiger partial charge in [0.05, 0.1) is 6.54 Å². The van der Waals surface area contributed by atoms with Crippen LogP contribution in [0.15, 0.2) is 42.5 Å². The van der Waals surface area contributed by atoms with Crippen LogP contribution in [0.5, 0.6) is 5.75 Å². The molecule has 0 bridgehead atoms. The monoisotopic (exact) mass is 317 g/mol. The van der Waals surface area contributed by atoms with E-state index < -0.39 is 11.6 Å². The molecule has 1 fully saturated rings. The van der Waals surface area contributed by atoms with E-state index in [1.165, 1.54) is 0 Å². The number of hydrogen-bond donors (Lipinski definition) is 2. The molecule has 1 aromatic heterocycles. The average molecular weight is 317 g/mol. The van der Waals surface area contributed by atoms with E-state index in [-0.39, 0.29) is 10.8 Å². The summed E-state index contributed by atoms with van der Waals surface area (Å²) in [6.07, 6.45) is 1.39. The summed E-state index contributed by atoms with van der Waals surface area (Å²) in [4.78, 5) is 24.2. The van der Waals surface area contributed by atoms with Crippen molar-refractivity contribution in [2.45, 2.75) is 25.0 Å². The van der Waals surface area contributed by atoms with Crippen molar-refractivity contribution in [1.29, 1.82) is 0 Å². The summed E-state index contributed by atoms with van der Waals surface area (Å²) in [7, 11) is 0. The zero-order valence-corrected chi connectivity index (χ0v) is 12.6. The third-order valence-electron chi connectivity index (χ3n) is 3.47. The number of carboxylic acids is 1. The van der Waals surface area contributed by atoms with Gasteiger partial charge in [-0.05, 0) is 24.3 Å². The second-order valence-electron chi connectivity index (χ2n) is 5.16. The predicted octanol–water partition coefficient (Wildman–Crippen LogP) is 2.67. The highest BCUT2D eigenvalue weighted by Gasteiger charge is 2.52. The van der Waals surface area contributed by atoms with Crippen LogP contribution in [0.1, 0.15) is 27.4 Å². The molecule has 1 aliphatic carbocycles. The normalized spacial score (nSPS) is 15.1. The van der Waals surface area contributed by atoms with Gasteiger partial charge in [0.25, 0.3) is 5.91 Å². The van der Waals surface area contributed by atoms with Crippen molar-refractivity contribution >= 4 is 23.2 Å². The van der Waals surface area contributed by atoms with Gasteiger partial charge in [-0.1, -0.05) is 18.2 Å². The molecule has 1 saturated carbocycles. The van der Waals surface area contributed by atoms with Crippen LogP contribution in [0.4, 0.5) is 0 Å². The molecule has 5 nitrogen and oxygen atoms in total. The highest BCUT2D eigenvalue weighted by Crippen LogP contribution is 2.40. The van der Waals surface area contributed by atoms with Crippen molar-refractivity contribution in [1.82, 2.24) is 5.32 Å². The Hall–Kier alpha value is -2.34. The lowest BCUT2D eigenvalue weighted by molar-refractivity contribution is -0.130. The molecular weight excluding hydrogens is 302 g/mol. The molecule has 22 heavy (non-hydrogen) atoms. The van der Waals surface area contributed by atoms with E-state index in [2.05, 4.69) is 5.32 Å². The number of aromatic carboxylic acids is 1. The molecule has 0 aliphatic heterocycles. The summed E-state index contributed by atoms with van der Waals surface area (Å²) in [5.74, 6) is -0.422. The molecule has 2 N–H and O–H groups in total. The molecule has 3 rings (SSSR count). The Bertz CT molecular complexity index is 691. The second kappa shape index (κ2) is 5.81. The number of ether oxygens (including phenoxy) is 1. The summed E-state index contributed by atoms with van der Waals surface area (Å²) in [6.45, 7) is 0.316. The van der Waals surface area contributed by atoms with E-state index in [1.54, 1.807) is 12.1 Å². The maximum absolute atomic E-state index is 12.3. The third-order valence-corrected chi connectivity index (χ3v) is 4.54. The van der Waals surface area contributed by atoms with Gasteiger partial charge in [-0.15, -0.1) is 11.3 Å². The fraction of sp³-hybridized carbons (Fsp3) is 0.250. The lowest BCUT2D eigenvalue weighted by Crippen LogP contribution is -2.39. The topological polar surface area (TPSA) is 75.6 Å². The molecule has 114 valence electrons. The van der Waals surface area contributed by atoms with Crippen molar-refractivity contribution in [3.8, 4) is 5.75 Å². The molecule has 0 atom stereocenters. The van der Waals surface area contributed by atoms with Gasteiger partial charge < -0.3 is 15.2 Å². The van der Waals surface area contributed by atoms with Crippen molar-refractivity contribution in [2.24, 2.45) is 0 Å². The Kier molecular flexibility index (Phi) is 3.85. The van der Waals surface area contributed by atoms with Crippen molar-refractivity contribution < 1.29 is 19.4 Å². The van der Waals surface area contributed by atoms with Gasteiger partial charge in [-0.25, -0.2) is 4.79 Å². The Labute approximate surface area is 131 Å². The van der Waals surface area contributed by atoms with E-state index in [4.69, 9.17) is 9.84 Å². The standard InChI is InChI=1S/C16H15NO4S/c18-14(19)13-7-6-12(22-13)10-17-15(20)16(8-9-16)21-11-4-2-1-3-5-11/h1-7H,8-10H2,(H,17,20)(H,18,19). The predicted molar refractivity (Wildman–Crippen MR) is 82.2 cm³/mol. The molecule has 2 aromatic rings. The number of amides is 1. The van der Waals surface area contributed by atoms with Crippen LogP contribution in [0, 0.1) is 0 Å². The van der Waals surface area contributed by atoms with E-state index in [0.29, 0.717) is 25.1 Å². The van der Waals surface area contributed by atoms with E-state index >= 15 is 0 Å². The molecule has 1 amide bonds. The lowest BCUT2D eigenvalue weighted by Gasteiger charge is -2.17. The summed E-state index contributed by atoms with van der Waals surface area (Å²) in [6, 6.07) is 12.5. The fourth-order valence-corrected chi connectivity index (χ4v) is 2.91. The van der Waals surface area contributed by atoms with Crippen LogP contribution in [-0.2, 0) is 11.3 Å². The van der Waals surface area contributed by atoms with Crippen LogP contribution in [0.25, 0.3) is 0 Å². The summed E-state index contributed by atoms with van der Waals surface area (Å²) >= 11 is 1.16. The quantitative estimate of drug-likeness (QED) is 0.859. The van der Waals surface area contributed by atoms with Crippen molar-refractivity contribution in [3.63, 3.8) is 0 Å². The lowest BCUT2D eigenvalue weighted by atomic mass is 10.3. The molecule has 6 heteroatoms. The Balaban J connectivity index is 1.58. The second-order valence-corrected chi connectivity index (χ2v) is 6.33.